The number of hydrogen-bond donors (Lipinski definition) is 1. The van der Waals surface area contributed by atoms with Crippen molar-refractivity contribution in [2.24, 2.45) is 5.41 Å². The van der Waals surface area contributed by atoms with E-state index in [1.54, 1.807) is 18.2 Å². The van der Waals surface area contributed by atoms with E-state index in [0.29, 0.717) is 24.0 Å². The zero-order valence-corrected chi connectivity index (χ0v) is 11.2. The first-order valence-corrected chi connectivity index (χ1v) is 6.65. The molecule has 1 aliphatic carbocycles. The molecule has 3 rings (SSSR count). The first kappa shape index (κ1) is 12.8. The molecule has 2 amide bonds. The summed E-state index contributed by atoms with van der Waals surface area (Å²) in [7, 11) is 0. The van der Waals surface area contributed by atoms with E-state index in [4.69, 9.17) is 0 Å². The van der Waals surface area contributed by atoms with Gasteiger partial charge in [-0.15, -0.1) is 0 Å². The van der Waals surface area contributed by atoms with E-state index in [1.807, 2.05) is 6.92 Å². The molecule has 1 aliphatic heterocycles. The number of nitrogens with zero attached hydrogens (tertiary/aromatic N) is 1. The van der Waals surface area contributed by atoms with Crippen LogP contribution in [0.5, 0.6) is 0 Å². The average molecular weight is 273 g/mol. The van der Waals surface area contributed by atoms with Gasteiger partial charge in [0.1, 0.15) is 0 Å². The second-order valence-electron chi connectivity index (χ2n) is 5.68. The number of hydrogen-bond acceptors (Lipinski definition) is 3. The van der Waals surface area contributed by atoms with Crippen LogP contribution in [0.15, 0.2) is 18.2 Å². The summed E-state index contributed by atoms with van der Waals surface area (Å²) in [5, 5.41) is 9.33. The van der Waals surface area contributed by atoms with Crippen molar-refractivity contribution < 1.29 is 19.5 Å². The molecular weight excluding hydrogens is 258 g/mol. The van der Waals surface area contributed by atoms with Crippen molar-refractivity contribution in [1.82, 2.24) is 4.90 Å². The minimum Gasteiger partial charge on any atom is -0.481 e. The minimum atomic E-state index is -0.942. The number of carboxylic acid groups (broad SMARTS) is 1. The van der Waals surface area contributed by atoms with Crippen LogP contribution >= 0.6 is 0 Å². The Morgan fingerprint density at radius 1 is 1.25 bits per heavy atom. The van der Waals surface area contributed by atoms with Gasteiger partial charge >= 0.3 is 5.97 Å². The molecule has 1 heterocycles. The molecule has 1 saturated carbocycles. The van der Waals surface area contributed by atoms with E-state index in [-0.39, 0.29) is 18.4 Å². The summed E-state index contributed by atoms with van der Waals surface area (Å²) < 4.78 is 0. The number of amides is 2. The van der Waals surface area contributed by atoms with Gasteiger partial charge in [-0.3, -0.25) is 19.3 Å². The van der Waals surface area contributed by atoms with Gasteiger partial charge in [0.2, 0.25) is 0 Å². The quantitative estimate of drug-likeness (QED) is 0.853. The SMILES string of the molecule is Cc1ccc2c(c1)C(=O)N(CC1(C(=O)O)CCC1)C2=O. The highest BCUT2D eigenvalue weighted by Crippen LogP contribution is 2.43. The summed E-state index contributed by atoms with van der Waals surface area (Å²) in [6, 6.07) is 5.10. The Morgan fingerprint density at radius 2 is 1.90 bits per heavy atom. The molecule has 0 unspecified atom stereocenters. The first-order chi connectivity index (χ1) is 9.44. The zero-order valence-electron chi connectivity index (χ0n) is 11.2. The van der Waals surface area contributed by atoms with E-state index in [2.05, 4.69) is 0 Å². The molecule has 2 aliphatic rings. The summed E-state index contributed by atoms with van der Waals surface area (Å²) in [4.78, 5) is 37.1. The largest absolute Gasteiger partial charge is 0.481 e. The second-order valence-corrected chi connectivity index (χ2v) is 5.68. The van der Waals surface area contributed by atoms with Gasteiger partial charge in [0.05, 0.1) is 16.5 Å². The fraction of sp³-hybridized carbons (Fsp3) is 0.400. The predicted octanol–water partition coefficient (Wildman–Crippen LogP) is 1.85. The molecule has 104 valence electrons. The van der Waals surface area contributed by atoms with E-state index in [9.17, 15) is 19.5 Å². The van der Waals surface area contributed by atoms with Crippen molar-refractivity contribution in [3.63, 3.8) is 0 Å². The second kappa shape index (κ2) is 4.16. The van der Waals surface area contributed by atoms with Gasteiger partial charge in [-0.2, -0.15) is 0 Å². The molecule has 5 nitrogen and oxygen atoms in total. The summed E-state index contributed by atoms with van der Waals surface area (Å²) in [5.74, 6) is -1.67. The van der Waals surface area contributed by atoms with Gasteiger partial charge in [-0.05, 0) is 31.9 Å². The van der Waals surface area contributed by atoms with Crippen LogP contribution in [-0.4, -0.2) is 34.3 Å². The number of aryl methyl sites for hydroxylation is 1. The number of benzene rings is 1. The molecular formula is C15H15NO4. The Labute approximate surface area is 116 Å². The monoisotopic (exact) mass is 273 g/mol. The molecule has 20 heavy (non-hydrogen) atoms. The molecule has 0 aromatic heterocycles. The fourth-order valence-electron chi connectivity index (χ4n) is 2.89. The lowest BCUT2D eigenvalue weighted by atomic mass is 9.68. The molecule has 1 aromatic rings. The van der Waals surface area contributed by atoms with E-state index in [0.717, 1.165) is 16.9 Å². The van der Waals surface area contributed by atoms with Gasteiger partial charge in [0.25, 0.3) is 11.8 Å². The summed E-state index contributed by atoms with van der Waals surface area (Å²) >= 11 is 0. The molecule has 0 radical (unpaired) electrons. The van der Waals surface area contributed by atoms with Crippen LogP contribution in [0.25, 0.3) is 0 Å². The molecule has 0 saturated heterocycles. The highest BCUT2D eigenvalue weighted by molar-refractivity contribution is 6.21. The molecule has 1 fully saturated rings. The maximum absolute atomic E-state index is 12.3. The third-order valence-corrected chi connectivity index (χ3v) is 4.35. The van der Waals surface area contributed by atoms with Gasteiger partial charge in [0.15, 0.2) is 0 Å². The van der Waals surface area contributed by atoms with Gasteiger partial charge in [-0.25, -0.2) is 0 Å². The van der Waals surface area contributed by atoms with Crippen LogP contribution in [0.2, 0.25) is 0 Å². The number of rotatable bonds is 3. The van der Waals surface area contributed by atoms with Gasteiger partial charge in [0, 0.05) is 6.54 Å². The maximum Gasteiger partial charge on any atom is 0.311 e. The maximum atomic E-state index is 12.3. The first-order valence-electron chi connectivity index (χ1n) is 6.65. The minimum absolute atomic E-state index is 0.0201. The van der Waals surface area contributed by atoms with Crippen LogP contribution in [0, 0.1) is 12.3 Å². The lowest BCUT2D eigenvalue weighted by Crippen LogP contribution is -2.49. The van der Waals surface area contributed by atoms with E-state index in [1.165, 1.54) is 0 Å². The number of carbonyl (C=O) groups is 3. The fourth-order valence-corrected chi connectivity index (χ4v) is 2.89. The van der Waals surface area contributed by atoms with Crippen molar-refractivity contribution in [1.29, 1.82) is 0 Å². The van der Waals surface area contributed by atoms with Crippen molar-refractivity contribution in [2.75, 3.05) is 6.54 Å². The Morgan fingerprint density at radius 3 is 2.45 bits per heavy atom. The van der Waals surface area contributed by atoms with E-state index < -0.39 is 11.4 Å². The summed E-state index contributed by atoms with van der Waals surface area (Å²) in [6.45, 7) is 1.83. The van der Waals surface area contributed by atoms with Crippen LogP contribution in [0.4, 0.5) is 0 Å². The van der Waals surface area contributed by atoms with E-state index >= 15 is 0 Å². The Balaban J connectivity index is 1.92. The molecule has 0 atom stereocenters. The Kier molecular flexibility index (Phi) is 2.67. The van der Waals surface area contributed by atoms with Crippen molar-refractivity contribution in [3.8, 4) is 0 Å². The van der Waals surface area contributed by atoms with Gasteiger partial charge < -0.3 is 5.11 Å². The normalized spacial score (nSPS) is 19.8. The number of aliphatic carboxylic acids is 1. The molecule has 1 aromatic carbocycles. The average Bonchev–Trinajstić information content (AvgIpc) is 2.57. The molecule has 0 bridgehead atoms. The summed E-state index contributed by atoms with van der Waals surface area (Å²) in [6.07, 6.45) is 1.87. The standard InChI is InChI=1S/C15H15NO4/c1-9-3-4-10-11(7-9)13(18)16(12(10)17)8-15(14(19)20)5-2-6-15/h3-4,7H,2,5-6,8H2,1H3,(H,19,20). The van der Waals surface area contributed by atoms with Crippen molar-refractivity contribution >= 4 is 17.8 Å². The zero-order chi connectivity index (χ0) is 14.5. The van der Waals surface area contributed by atoms with Crippen LogP contribution in [-0.2, 0) is 4.79 Å². The van der Waals surface area contributed by atoms with Crippen molar-refractivity contribution in [3.05, 3.63) is 34.9 Å². The molecule has 0 spiro atoms. The third-order valence-electron chi connectivity index (χ3n) is 4.35. The van der Waals surface area contributed by atoms with Crippen molar-refractivity contribution in [2.45, 2.75) is 26.2 Å². The third kappa shape index (κ3) is 1.66. The van der Waals surface area contributed by atoms with Gasteiger partial charge in [-0.1, -0.05) is 18.1 Å². The number of fused-ring (bicyclic) bond motifs is 1. The summed E-state index contributed by atoms with van der Waals surface area (Å²) in [5.41, 5.74) is 0.723. The van der Waals surface area contributed by atoms with Crippen LogP contribution in [0.3, 0.4) is 0 Å². The topological polar surface area (TPSA) is 74.7 Å². The van der Waals surface area contributed by atoms with Crippen LogP contribution in [0.1, 0.15) is 45.5 Å². The number of carbonyl (C=O) groups excluding carboxylic acids is 2. The number of carboxylic acids is 1. The highest BCUT2D eigenvalue weighted by atomic mass is 16.4. The Bertz CT molecular complexity index is 631. The Hall–Kier alpha value is -2.17. The van der Waals surface area contributed by atoms with Crippen LogP contribution < -0.4 is 0 Å². The number of imide groups is 1. The lowest BCUT2D eigenvalue weighted by molar-refractivity contribution is -0.155. The smallest absolute Gasteiger partial charge is 0.311 e. The predicted molar refractivity (Wildman–Crippen MR) is 70.5 cm³/mol. The molecule has 5 heteroatoms. The molecule has 1 N–H and O–H groups in total. The highest BCUT2D eigenvalue weighted by Gasteiger charge is 2.49. The lowest BCUT2D eigenvalue weighted by Gasteiger charge is -2.39.